The molecule has 1 aromatic heterocycles. The molecular formula is C12H19N3O2. The highest BCUT2D eigenvalue weighted by Gasteiger charge is 2.00. The summed E-state index contributed by atoms with van der Waals surface area (Å²) >= 11 is 0. The summed E-state index contributed by atoms with van der Waals surface area (Å²) in [7, 11) is 0. The predicted molar refractivity (Wildman–Crippen MR) is 65.6 cm³/mol. The van der Waals surface area contributed by atoms with Gasteiger partial charge in [0, 0.05) is 19.2 Å². The number of rotatable bonds is 8. The van der Waals surface area contributed by atoms with Gasteiger partial charge >= 0.3 is 0 Å². The Hall–Kier alpha value is -1.62. The first-order valence-electron chi connectivity index (χ1n) is 5.82. The number of carbonyl (C=O) groups is 1. The second-order valence-electron chi connectivity index (χ2n) is 3.63. The van der Waals surface area contributed by atoms with E-state index in [-0.39, 0.29) is 5.91 Å². The fraction of sp³-hybridized carbons (Fsp3) is 0.500. The van der Waals surface area contributed by atoms with E-state index in [9.17, 15) is 4.79 Å². The van der Waals surface area contributed by atoms with Gasteiger partial charge in [0.2, 0.25) is 5.91 Å². The van der Waals surface area contributed by atoms with Crippen LogP contribution in [0.1, 0.15) is 19.3 Å². The van der Waals surface area contributed by atoms with Gasteiger partial charge in [-0.05, 0) is 31.5 Å². The van der Waals surface area contributed by atoms with Crippen LogP contribution in [0.5, 0.6) is 5.75 Å². The molecule has 5 heteroatoms. The zero-order chi connectivity index (χ0) is 12.3. The summed E-state index contributed by atoms with van der Waals surface area (Å²) in [6.45, 7) is 1.78. The van der Waals surface area contributed by atoms with Crippen molar-refractivity contribution in [2.45, 2.75) is 19.3 Å². The topological polar surface area (TPSA) is 77.2 Å². The van der Waals surface area contributed by atoms with Gasteiger partial charge in [-0.3, -0.25) is 9.78 Å². The molecule has 0 saturated carbocycles. The molecule has 1 rings (SSSR count). The SMILES string of the molecule is NCCCNC(=O)CCCOc1cccnc1. The van der Waals surface area contributed by atoms with Crippen molar-refractivity contribution in [2.75, 3.05) is 19.7 Å². The normalized spacial score (nSPS) is 9.94. The van der Waals surface area contributed by atoms with Gasteiger partial charge < -0.3 is 15.8 Å². The molecule has 0 fully saturated rings. The lowest BCUT2D eigenvalue weighted by Gasteiger charge is -2.06. The zero-order valence-corrected chi connectivity index (χ0v) is 9.89. The van der Waals surface area contributed by atoms with Crippen molar-refractivity contribution in [3.05, 3.63) is 24.5 Å². The quantitative estimate of drug-likeness (QED) is 0.653. The van der Waals surface area contributed by atoms with Gasteiger partial charge in [0.15, 0.2) is 0 Å². The fourth-order valence-corrected chi connectivity index (χ4v) is 1.27. The number of amides is 1. The van der Waals surface area contributed by atoms with Crippen molar-refractivity contribution < 1.29 is 9.53 Å². The Morgan fingerprint density at radius 1 is 1.47 bits per heavy atom. The summed E-state index contributed by atoms with van der Waals surface area (Å²) in [5, 5.41) is 2.80. The number of nitrogens with zero attached hydrogens (tertiary/aromatic N) is 1. The van der Waals surface area contributed by atoms with Crippen LogP contribution in [-0.2, 0) is 4.79 Å². The maximum Gasteiger partial charge on any atom is 0.220 e. The van der Waals surface area contributed by atoms with Gasteiger partial charge in [-0.1, -0.05) is 0 Å². The highest BCUT2D eigenvalue weighted by Crippen LogP contribution is 2.06. The minimum Gasteiger partial charge on any atom is -0.492 e. The van der Waals surface area contributed by atoms with E-state index in [1.54, 1.807) is 12.4 Å². The van der Waals surface area contributed by atoms with Gasteiger partial charge in [0.1, 0.15) is 5.75 Å². The van der Waals surface area contributed by atoms with Gasteiger partial charge in [0.05, 0.1) is 12.8 Å². The fourth-order valence-electron chi connectivity index (χ4n) is 1.27. The Morgan fingerprint density at radius 3 is 3.06 bits per heavy atom. The third-order valence-corrected chi connectivity index (χ3v) is 2.15. The molecule has 0 radical (unpaired) electrons. The molecule has 0 aliphatic heterocycles. The lowest BCUT2D eigenvalue weighted by atomic mass is 10.3. The minimum absolute atomic E-state index is 0.0493. The van der Waals surface area contributed by atoms with Crippen molar-refractivity contribution in [2.24, 2.45) is 5.73 Å². The molecule has 17 heavy (non-hydrogen) atoms. The standard InChI is InChI=1S/C12H19N3O2/c13-6-3-8-15-12(16)5-2-9-17-11-4-1-7-14-10-11/h1,4,7,10H,2-3,5-6,8-9,13H2,(H,15,16). The van der Waals surface area contributed by atoms with Crippen molar-refractivity contribution in [1.29, 1.82) is 0 Å². The van der Waals surface area contributed by atoms with Crippen LogP contribution in [0.15, 0.2) is 24.5 Å². The summed E-state index contributed by atoms with van der Waals surface area (Å²) in [6, 6.07) is 3.66. The van der Waals surface area contributed by atoms with Crippen molar-refractivity contribution in [3.8, 4) is 5.75 Å². The molecule has 0 saturated heterocycles. The number of hydrogen-bond acceptors (Lipinski definition) is 4. The smallest absolute Gasteiger partial charge is 0.220 e. The minimum atomic E-state index is 0.0493. The average molecular weight is 237 g/mol. The van der Waals surface area contributed by atoms with Crippen LogP contribution < -0.4 is 15.8 Å². The maximum atomic E-state index is 11.3. The summed E-state index contributed by atoms with van der Waals surface area (Å²) in [4.78, 5) is 15.2. The van der Waals surface area contributed by atoms with E-state index in [1.165, 1.54) is 0 Å². The molecule has 0 bridgehead atoms. The molecule has 1 amide bonds. The summed E-state index contributed by atoms with van der Waals surface area (Å²) < 4.78 is 5.42. The van der Waals surface area contributed by atoms with Crippen molar-refractivity contribution in [3.63, 3.8) is 0 Å². The number of nitrogens with two attached hydrogens (primary N) is 1. The van der Waals surface area contributed by atoms with Gasteiger partial charge in [-0.25, -0.2) is 0 Å². The monoisotopic (exact) mass is 237 g/mol. The second kappa shape index (κ2) is 8.52. The Balaban J connectivity index is 2.02. The largest absolute Gasteiger partial charge is 0.492 e. The Morgan fingerprint density at radius 2 is 2.35 bits per heavy atom. The molecular weight excluding hydrogens is 218 g/mol. The van der Waals surface area contributed by atoms with E-state index in [0.29, 0.717) is 32.5 Å². The third kappa shape index (κ3) is 6.52. The van der Waals surface area contributed by atoms with Crippen LogP contribution in [0, 0.1) is 0 Å². The van der Waals surface area contributed by atoms with Crippen LogP contribution in [0.4, 0.5) is 0 Å². The van der Waals surface area contributed by atoms with E-state index in [0.717, 1.165) is 12.2 Å². The zero-order valence-electron chi connectivity index (χ0n) is 9.89. The molecule has 5 nitrogen and oxygen atoms in total. The van der Waals surface area contributed by atoms with Gasteiger partial charge in [0.25, 0.3) is 0 Å². The summed E-state index contributed by atoms with van der Waals surface area (Å²) in [6.07, 6.45) is 5.34. The lowest BCUT2D eigenvalue weighted by Crippen LogP contribution is -2.26. The van der Waals surface area contributed by atoms with Crippen LogP contribution in [0.2, 0.25) is 0 Å². The highest BCUT2D eigenvalue weighted by molar-refractivity contribution is 5.75. The van der Waals surface area contributed by atoms with Crippen LogP contribution >= 0.6 is 0 Å². The Labute approximate surface area is 101 Å². The average Bonchev–Trinajstić information content (AvgIpc) is 2.36. The number of hydrogen-bond donors (Lipinski definition) is 2. The summed E-state index contributed by atoms with van der Waals surface area (Å²) in [5.41, 5.74) is 5.32. The van der Waals surface area contributed by atoms with E-state index < -0.39 is 0 Å². The van der Waals surface area contributed by atoms with Crippen LogP contribution in [0.3, 0.4) is 0 Å². The number of nitrogens with one attached hydrogen (secondary N) is 1. The summed E-state index contributed by atoms with van der Waals surface area (Å²) in [5.74, 6) is 0.782. The molecule has 94 valence electrons. The molecule has 0 unspecified atom stereocenters. The predicted octanol–water partition coefficient (Wildman–Crippen LogP) is 0.706. The Bertz CT molecular complexity index is 317. The molecule has 1 aromatic rings. The van der Waals surface area contributed by atoms with E-state index >= 15 is 0 Å². The first-order chi connectivity index (χ1) is 8.33. The first kappa shape index (κ1) is 13.4. The lowest BCUT2D eigenvalue weighted by molar-refractivity contribution is -0.121. The van der Waals surface area contributed by atoms with Crippen molar-refractivity contribution >= 4 is 5.91 Å². The molecule has 0 atom stereocenters. The molecule has 0 spiro atoms. The van der Waals surface area contributed by atoms with Gasteiger partial charge in [-0.2, -0.15) is 0 Å². The molecule has 3 N–H and O–H groups in total. The Kier molecular flexibility index (Phi) is 6.74. The van der Waals surface area contributed by atoms with Gasteiger partial charge in [-0.15, -0.1) is 0 Å². The second-order valence-corrected chi connectivity index (χ2v) is 3.63. The van der Waals surface area contributed by atoms with E-state index in [2.05, 4.69) is 10.3 Å². The van der Waals surface area contributed by atoms with Crippen molar-refractivity contribution in [1.82, 2.24) is 10.3 Å². The molecule has 0 aliphatic carbocycles. The molecule has 1 heterocycles. The molecule has 0 aromatic carbocycles. The maximum absolute atomic E-state index is 11.3. The van der Waals surface area contributed by atoms with E-state index in [1.807, 2.05) is 12.1 Å². The number of carbonyl (C=O) groups excluding carboxylic acids is 1. The van der Waals surface area contributed by atoms with Crippen LogP contribution in [0.25, 0.3) is 0 Å². The first-order valence-corrected chi connectivity index (χ1v) is 5.82. The highest BCUT2D eigenvalue weighted by atomic mass is 16.5. The number of aromatic nitrogens is 1. The number of ether oxygens (including phenoxy) is 1. The molecule has 0 aliphatic rings. The van der Waals surface area contributed by atoms with Crippen LogP contribution in [-0.4, -0.2) is 30.6 Å². The third-order valence-electron chi connectivity index (χ3n) is 2.15. The van der Waals surface area contributed by atoms with E-state index in [4.69, 9.17) is 10.5 Å². The number of pyridine rings is 1.